The van der Waals surface area contributed by atoms with Crippen molar-refractivity contribution < 1.29 is 9.13 Å². The number of rotatable bonds is 3. The number of ether oxygens (including phenoxy) is 1. The van der Waals surface area contributed by atoms with Crippen LogP contribution in [0.5, 0.6) is 5.75 Å². The number of hydrogen-bond donors (Lipinski definition) is 1. The van der Waals surface area contributed by atoms with Gasteiger partial charge in [-0.3, -0.25) is 0 Å². The molecule has 0 unspecified atom stereocenters. The zero-order valence-corrected chi connectivity index (χ0v) is 10.4. The number of aromatic nitrogens is 1. The third kappa shape index (κ3) is 2.55. The van der Waals surface area contributed by atoms with Crippen molar-refractivity contribution in [1.29, 1.82) is 0 Å². The molecule has 0 radical (unpaired) electrons. The predicted molar refractivity (Wildman–Crippen MR) is 67.7 cm³/mol. The molecule has 2 aromatic rings. The SMILES string of the molecule is CC(C)Oc1cccc(-c2cnc(N)s2)c1F. The number of nitrogen functional groups attached to an aromatic ring is 1. The van der Waals surface area contributed by atoms with Crippen LogP contribution in [0, 0.1) is 5.82 Å². The van der Waals surface area contributed by atoms with Gasteiger partial charge in [0.2, 0.25) is 0 Å². The molecule has 0 fully saturated rings. The maximum absolute atomic E-state index is 14.1. The molecule has 0 aliphatic carbocycles. The first-order chi connectivity index (χ1) is 8.08. The van der Waals surface area contributed by atoms with E-state index in [1.54, 1.807) is 24.4 Å². The van der Waals surface area contributed by atoms with Crippen molar-refractivity contribution in [2.75, 3.05) is 5.73 Å². The second kappa shape index (κ2) is 4.71. The Labute approximate surface area is 103 Å². The Balaban J connectivity index is 2.42. The van der Waals surface area contributed by atoms with Crippen LogP contribution in [0.4, 0.5) is 9.52 Å². The molecule has 0 aliphatic rings. The van der Waals surface area contributed by atoms with E-state index in [2.05, 4.69) is 4.98 Å². The fraction of sp³-hybridized carbons (Fsp3) is 0.250. The molecular weight excluding hydrogens is 239 g/mol. The normalized spacial score (nSPS) is 10.8. The molecule has 90 valence electrons. The maximum Gasteiger partial charge on any atom is 0.180 e. The Hall–Kier alpha value is -1.62. The minimum atomic E-state index is -0.371. The summed E-state index contributed by atoms with van der Waals surface area (Å²) in [5.74, 6) is -0.116. The number of benzene rings is 1. The number of thiazole rings is 1. The van der Waals surface area contributed by atoms with E-state index in [9.17, 15) is 4.39 Å². The minimum absolute atomic E-state index is 0.0636. The van der Waals surface area contributed by atoms with Crippen LogP contribution in [0.2, 0.25) is 0 Å². The van der Waals surface area contributed by atoms with Gasteiger partial charge in [0.1, 0.15) is 0 Å². The van der Waals surface area contributed by atoms with Crippen LogP contribution in [0.15, 0.2) is 24.4 Å². The largest absolute Gasteiger partial charge is 0.488 e. The molecule has 0 aliphatic heterocycles. The molecule has 1 heterocycles. The van der Waals surface area contributed by atoms with E-state index in [1.165, 1.54) is 11.3 Å². The van der Waals surface area contributed by atoms with Gasteiger partial charge in [0, 0.05) is 11.8 Å². The first-order valence-electron chi connectivity index (χ1n) is 5.24. The van der Waals surface area contributed by atoms with Crippen molar-refractivity contribution >= 4 is 16.5 Å². The summed E-state index contributed by atoms with van der Waals surface area (Å²) in [5, 5.41) is 0.426. The molecule has 2 N–H and O–H groups in total. The topological polar surface area (TPSA) is 48.1 Å². The maximum atomic E-state index is 14.1. The van der Waals surface area contributed by atoms with Crippen molar-refractivity contribution in [2.24, 2.45) is 0 Å². The van der Waals surface area contributed by atoms with Crippen molar-refractivity contribution in [1.82, 2.24) is 4.98 Å². The van der Waals surface area contributed by atoms with E-state index in [-0.39, 0.29) is 17.7 Å². The smallest absolute Gasteiger partial charge is 0.180 e. The van der Waals surface area contributed by atoms with Crippen LogP contribution < -0.4 is 10.5 Å². The summed E-state index contributed by atoms with van der Waals surface area (Å²) in [6.45, 7) is 3.72. The number of nitrogens with zero attached hydrogens (tertiary/aromatic N) is 1. The van der Waals surface area contributed by atoms with Crippen LogP contribution in [0.1, 0.15) is 13.8 Å². The van der Waals surface area contributed by atoms with Crippen molar-refractivity contribution in [3.05, 3.63) is 30.2 Å². The standard InChI is InChI=1S/C12H13FN2OS/c1-7(2)16-9-5-3-4-8(11(9)13)10-6-15-12(14)17-10/h3-7H,1-2H3,(H2,14,15). The Morgan fingerprint density at radius 3 is 2.76 bits per heavy atom. The highest BCUT2D eigenvalue weighted by molar-refractivity contribution is 7.18. The van der Waals surface area contributed by atoms with E-state index in [4.69, 9.17) is 10.5 Å². The zero-order chi connectivity index (χ0) is 12.4. The van der Waals surface area contributed by atoms with E-state index < -0.39 is 0 Å². The molecule has 0 atom stereocenters. The molecule has 17 heavy (non-hydrogen) atoms. The first kappa shape index (κ1) is 11.9. The average molecular weight is 252 g/mol. The highest BCUT2D eigenvalue weighted by Gasteiger charge is 2.13. The van der Waals surface area contributed by atoms with E-state index in [0.717, 1.165) is 0 Å². The monoisotopic (exact) mass is 252 g/mol. The molecule has 0 spiro atoms. The molecule has 1 aromatic carbocycles. The third-order valence-electron chi connectivity index (χ3n) is 2.11. The second-order valence-corrected chi connectivity index (χ2v) is 4.91. The Bertz CT molecular complexity index is 525. The lowest BCUT2D eigenvalue weighted by atomic mass is 10.2. The number of nitrogens with two attached hydrogens (primary N) is 1. The summed E-state index contributed by atoms with van der Waals surface area (Å²) in [6.07, 6.45) is 1.50. The van der Waals surface area contributed by atoms with Crippen LogP contribution in [0.25, 0.3) is 10.4 Å². The number of anilines is 1. The lowest BCUT2D eigenvalue weighted by Gasteiger charge is -2.11. The van der Waals surface area contributed by atoms with Gasteiger partial charge >= 0.3 is 0 Å². The van der Waals surface area contributed by atoms with Gasteiger partial charge < -0.3 is 10.5 Å². The first-order valence-corrected chi connectivity index (χ1v) is 6.06. The molecule has 0 saturated carbocycles. The van der Waals surface area contributed by atoms with Crippen LogP contribution in [0.3, 0.4) is 0 Å². The van der Waals surface area contributed by atoms with E-state index in [0.29, 0.717) is 15.6 Å². The number of hydrogen-bond acceptors (Lipinski definition) is 4. The predicted octanol–water partition coefficient (Wildman–Crippen LogP) is 3.32. The second-order valence-electron chi connectivity index (χ2n) is 3.85. The van der Waals surface area contributed by atoms with Gasteiger partial charge in [-0.1, -0.05) is 23.5 Å². The highest BCUT2D eigenvalue weighted by atomic mass is 32.1. The summed E-state index contributed by atoms with van der Waals surface area (Å²) in [6, 6.07) is 5.06. The Morgan fingerprint density at radius 2 is 2.18 bits per heavy atom. The van der Waals surface area contributed by atoms with Gasteiger partial charge in [-0.05, 0) is 19.9 Å². The molecule has 1 aromatic heterocycles. The molecule has 5 heteroatoms. The lowest BCUT2D eigenvalue weighted by molar-refractivity contribution is 0.231. The quantitative estimate of drug-likeness (QED) is 0.911. The Kier molecular flexibility index (Phi) is 3.28. The minimum Gasteiger partial charge on any atom is -0.488 e. The summed E-state index contributed by atoms with van der Waals surface area (Å²) in [4.78, 5) is 4.62. The zero-order valence-electron chi connectivity index (χ0n) is 9.61. The van der Waals surface area contributed by atoms with Gasteiger partial charge in [0.05, 0.1) is 11.0 Å². The van der Waals surface area contributed by atoms with Crippen LogP contribution in [-0.4, -0.2) is 11.1 Å². The Morgan fingerprint density at radius 1 is 1.41 bits per heavy atom. The van der Waals surface area contributed by atoms with Crippen molar-refractivity contribution in [3.63, 3.8) is 0 Å². The molecular formula is C12H13FN2OS. The highest BCUT2D eigenvalue weighted by Crippen LogP contribution is 2.33. The van der Waals surface area contributed by atoms with Crippen molar-refractivity contribution in [2.45, 2.75) is 20.0 Å². The molecule has 0 bridgehead atoms. The molecule has 0 saturated heterocycles. The molecule has 3 nitrogen and oxygen atoms in total. The summed E-state index contributed by atoms with van der Waals surface area (Å²) < 4.78 is 19.5. The summed E-state index contributed by atoms with van der Waals surface area (Å²) >= 11 is 1.25. The van der Waals surface area contributed by atoms with Gasteiger partial charge in [-0.15, -0.1) is 0 Å². The van der Waals surface area contributed by atoms with Gasteiger partial charge in [-0.2, -0.15) is 0 Å². The molecule has 0 amide bonds. The third-order valence-corrected chi connectivity index (χ3v) is 2.97. The van der Waals surface area contributed by atoms with Gasteiger partial charge in [-0.25, -0.2) is 9.37 Å². The van der Waals surface area contributed by atoms with E-state index >= 15 is 0 Å². The average Bonchev–Trinajstić information content (AvgIpc) is 2.67. The van der Waals surface area contributed by atoms with Gasteiger partial charge in [0.15, 0.2) is 16.7 Å². The number of halogens is 1. The lowest BCUT2D eigenvalue weighted by Crippen LogP contribution is -2.07. The fourth-order valence-corrected chi connectivity index (χ4v) is 2.16. The summed E-state index contributed by atoms with van der Waals surface area (Å²) in [5.41, 5.74) is 6.01. The fourth-order valence-electron chi connectivity index (χ4n) is 1.46. The van der Waals surface area contributed by atoms with E-state index in [1.807, 2.05) is 13.8 Å². The van der Waals surface area contributed by atoms with Gasteiger partial charge in [0.25, 0.3) is 0 Å². The van der Waals surface area contributed by atoms with Crippen LogP contribution >= 0.6 is 11.3 Å². The van der Waals surface area contributed by atoms with Crippen LogP contribution in [-0.2, 0) is 0 Å². The van der Waals surface area contributed by atoms with Crippen molar-refractivity contribution in [3.8, 4) is 16.2 Å². The molecule has 2 rings (SSSR count). The summed E-state index contributed by atoms with van der Waals surface area (Å²) in [7, 11) is 0.